The van der Waals surface area contributed by atoms with E-state index in [4.69, 9.17) is 28.9 Å². The Morgan fingerprint density at radius 1 is 1.09 bits per heavy atom. The molecule has 0 bridgehead atoms. The fourth-order valence-corrected chi connectivity index (χ4v) is 3.20. The van der Waals surface area contributed by atoms with Crippen molar-refractivity contribution in [3.8, 4) is 0 Å². The van der Waals surface area contributed by atoms with E-state index in [1.54, 1.807) is 24.3 Å². The van der Waals surface area contributed by atoms with Gasteiger partial charge in [0, 0.05) is 23.5 Å². The van der Waals surface area contributed by atoms with Gasteiger partial charge in [-0.3, -0.25) is 9.59 Å². The summed E-state index contributed by atoms with van der Waals surface area (Å²) in [5, 5.41) is 0.993. The third kappa shape index (κ3) is 2.62. The summed E-state index contributed by atoms with van der Waals surface area (Å²) in [5.41, 5.74) is 8.12. The molecule has 0 aliphatic heterocycles. The maximum atomic E-state index is 12.2. The predicted octanol–water partition coefficient (Wildman–Crippen LogP) is 4.20. The molecule has 112 valence electrons. The summed E-state index contributed by atoms with van der Waals surface area (Å²) in [6, 6.07) is 10.6. The summed E-state index contributed by atoms with van der Waals surface area (Å²) in [4.78, 5) is 23.5. The Labute approximate surface area is 138 Å². The number of fused-ring (bicyclic) bond motifs is 1. The van der Waals surface area contributed by atoms with Crippen molar-refractivity contribution in [2.24, 2.45) is 5.73 Å². The lowest BCUT2D eigenvalue weighted by molar-refractivity contribution is 0.0969. The molecule has 1 atom stereocenters. The number of hydrogen-bond acceptors (Lipinski definition) is 2. The van der Waals surface area contributed by atoms with Gasteiger partial charge in [0.05, 0.1) is 10.0 Å². The van der Waals surface area contributed by atoms with Crippen molar-refractivity contribution in [3.63, 3.8) is 0 Å². The second kappa shape index (κ2) is 5.75. The van der Waals surface area contributed by atoms with E-state index in [1.165, 1.54) is 0 Å². The van der Waals surface area contributed by atoms with Crippen LogP contribution < -0.4 is 5.73 Å². The van der Waals surface area contributed by atoms with Gasteiger partial charge in [-0.1, -0.05) is 35.3 Å². The van der Waals surface area contributed by atoms with Crippen LogP contribution in [0.15, 0.2) is 36.4 Å². The van der Waals surface area contributed by atoms with Gasteiger partial charge in [0.25, 0.3) is 0 Å². The van der Waals surface area contributed by atoms with Crippen LogP contribution >= 0.6 is 23.2 Å². The summed E-state index contributed by atoms with van der Waals surface area (Å²) in [5.74, 6) is -0.439. The molecule has 1 amide bonds. The van der Waals surface area contributed by atoms with Crippen LogP contribution in [0.4, 0.5) is 0 Å². The zero-order chi connectivity index (χ0) is 15.9. The molecule has 2 aromatic carbocycles. The average Bonchev–Trinajstić information content (AvgIpc) is 2.50. The lowest BCUT2D eigenvalue weighted by Gasteiger charge is -2.25. The van der Waals surface area contributed by atoms with Crippen LogP contribution in [-0.4, -0.2) is 11.7 Å². The molecular formula is C17H13Cl2NO2. The number of halogens is 2. The van der Waals surface area contributed by atoms with Crippen LogP contribution in [0.3, 0.4) is 0 Å². The molecule has 22 heavy (non-hydrogen) atoms. The maximum Gasteiger partial charge on any atom is 0.248 e. The highest BCUT2D eigenvalue weighted by Crippen LogP contribution is 2.38. The molecule has 0 saturated carbocycles. The standard InChI is InChI=1S/C17H13Cl2NO2/c18-14-5-2-9(8-15(14)19)11-4-6-16(21)13-7-10(17(20)22)1-3-12(11)13/h1-3,5,7-8,11H,4,6H2,(H2,20,22). The van der Waals surface area contributed by atoms with Gasteiger partial charge in [0.15, 0.2) is 5.78 Å². The van der Waals surface area contributed by atoms with E-state index in [-0.39, 0.29) is 11.7 Å². The largest absolute Gasteiger partial charge is 0.366 e. The minimum atomic E-state index is -0.535. The molecule has 1 aliphatic rings. The minimum absolute atomic E-state index is 0.0365. The summed E-state index contributed by atoms with van der Waals surface area (Å²) in [6.07, 6.45) is 1.14. The van der Waals surface area contributed by atoms with Crippen molar-refractivity contribution in [2.75, 3.05) is 0 Å². The quantitative estimate of drug-likeness (QED) is 0.895. The van der Waals surface area contributed by atoms with Crippen LogP contribution in [0.5, 0.6) is 0 Å². The molecule has 2 aromatic rings. The molecule has 0 heterocycles. The lowest BCUT2D eigenvalue weighted by Crippen LogP contribution is -2.19. The molecule has 2 N–H and O–H groups in total. The third-order valence-corrected chi connectivity index (χ3v) is 4.76. The van der Waals surface area contributed by atoms with Crippen molar-refractivity contribution in [3.05, 3.63) is 68.7 Å². The monoisotopic (exact) mass is 333 g/mol. The first-order valence-electron chi connectivity index (χ1n) is 6.89. The summed E-state index contributed by atoms with van der Waals surface area (Å²) < 4.78 is 0. The van der Waals surface area contributed by atoms with Crippen molar-refractivity contribution >= 4 is 34.9 Å². The topological polar surface area (TPSA) is 60.2 Å². The summed E-state index contributed by atoms with van der Waals surface area (Å²) in [7, 11) is 0. The number of carbonyl (C=O) groups is 2. The van der Waals surface area contributed by atoms with E-state index in [1.807, 2.05) is 12.1 Å². The first-order valence-corrected chi connectivity index (χ1v) is 7.65. The van der Waals surface area contributed by atoms with E-state index in [2.05, 4.69) is 0 Å². The molecule has 0 spiro atoms. The van der Waals surface area contributed by atoms with Crippen molar-refractivity contribution in [1.29, 1.82) is 0 Å². The fourth-order valence-electron chi connectivity index (χ4n) is 2.90. The second-order valence-corrected chi connectivity index (χ2v) is 6.17. The van der Waals surface area contributed by atoms with Crippen molar-refractivity contribution in [1.82, 2.24) is 0 Å². The number of nitrogens with two attached hydrogens (primary N) is 1. The maximum absolute atomic E-state index is 12.2. The number of rotatable bonds is 2. The Hall–Kier alpha value is -1.84. The normalized spacial score (nSPS) is 17.2. The summed E-state index contributed by atoms with van der Waals surface area (Å²) in [6.45, 7) is 0. The highest BCUT2D eigenvalue weighted by molar-refractivity contribution is 6.42. The molecule has 0 fully saturated rings. The van der Waals surface area contributed by atoms with Gasteiger partial charge in [-0.15, -0.1) is 0 Å². The first kappa shape index (κ1) is 15.1. The number of amides is 1. The Kier molecular flexibility index (Phi) is 3.94. The highest BCUT2D eigenvalue weighted by Gasteiger charge is 2.27. The Morgan fingerprint density at radius 3 is 2.55 bits per heavy atom. The number of carbonyl (C=O) groups excluding carboxylic acids is 2. The predicted molar refractivity (Wildman–Crippen MR) is 86.8 cm³/mol. The molecule has 0 radical (unpaired) electrons. The lowest BCUT2D eigenvalue weighted by atomic mass is 9.78. The molecule has 0 aromatic heterocycles. The molecule has 5 heteroatoms. The number of primary amides is 1. The zero-order valence-corrected chi connectivity index (χ0v) is 13.1. The van der Waals surface area contributed by atoms with Gasteiger partial charge in [0.2, 0.25) is 5.91 Å². The van der Waals surface area contributed by atoms with Gasteiger partial charge in [-0.25, -0.2) is 0 Å². The Balaban J connectivity index is 2.10. The average molecular weight is 334 g/mol. The van der Waals surface area contributed by atoms with Gasteiger partial charge < -0.3 is 5.73 Å². The van der Waals surface area contributed by atoms with Crippen LogP contribution in [0.2, 0.25) is 10.0 Å². The SMILES string of the molecule is NC(=O)c1ccc2c(c1)C(=O)CCC2c1ccc(Cl)c(Cl)c1. The second-order valence-electron chi connectivity index (χ2n) is 5.35. The summed E-state index contributed by atoms with van der Waals surface area (Å²) >= 11 is 12.1. The van der Waals surface area contributed by atoms with Crippen LogP contribution in [0.1, 0.15) is 50.6 Å². The van der Waals surface area contributed by atoms with Gasteiger partial charge in [-0.2, -0.15) is 0 Å². The Bertz CT molecular complexity index is 786. The van der Waals surface area contributed by atoms with E-state index in [0.29, 0.717) is 34.0 Å². The number of hydrogen-bond donors (Lipinski definition) is 1. The van der Waals surface area contributed by atoms with E-state index < -0.39 is 5.91 Å². The number of benzene rings is 2. The van der Waals surface area contributed by atoms with Gasteiger partial charge in [-0.05, 0) is 41.8 Å². The third-order valence-electron chi connectivity index (χ3n) is 4.02. The zero-order valence-electron chi connectivity index (χ0n) is 11.6. The highest BCUT2D eigenvalue weighted by atomic mass is 35.5. The van der Waals surface area contributed by atoms with E-state index in [9.17, 15) is 9.59 Å². The Morgan fingerprint density at radius 2 is 1.86 bits per heavy atom. The molecule has 1 unspecified atom stereocenters. The molecule has 0 saturated heterocycles. The van der Waals surface area contributed by atoms with Crippen LogP contribution in [0, 0.1) is 0 Å². The first-order chi connectivity index (χ1) is 10.5. The molecule has 1 aliphatic carbocycles. The van der Waals surface area contributed by atoms with Crippen LogP contribution in [-0.2, 0) is 0 Å². The van der Waals surface area contributed by atoms with Gasteiger partial charge >= 0.3 is 0 Å². The van der Waals surface area contributed by atoms with E-state index in [0.717, 1.165) is 11.1 Å². The van der Waals surface area contributed by atoms with E-state index >= 15 is 0 Å². The molecular weight excluding hydrogens is 321 g/mol. The molecule has 3 rings (SSSR count). The van der Waals surface area contributed by atoms with Gasteiger partial charge in [0.1, 0.15) is 0 Å². The van der Waals surface area contributed by atoms with Crippen molar-refractivity contribution < 1.29 is 9.59 Å². The van der Waals surface area contributed by atoms with Crippen LogP contribution in [0.25, 0.3) is 0 Å². The minimum Gasteiger partial charge on any atom is -0.366 e. The fraction of sp³-hybridized carbons (Fsp3) is 0.176. The number of ketones is 1. The molecule has 3 nitrogen and oxygen atoms in total. The smallest absolute Gasteiger partial charge is 0.248 e. The van der Waals surface area contributed by atoms with Crippen molar-refractivity contribution in [2.45, 2.75) is 18.8 Å². The number of Topliss-reactive ketones (excluding diaryl/α,β-unsaturated/α-hetero) is 1.